The number of hydrogen-bond donors (Lipinski definition) is 2. The van der Waals surface area contributed by atoms with Crippen LogP contribution in [0.4, 0.5) is 5.69 Å². The maximum Gasteiger partial charge on any atom is 0.334 e. The van der Waals surface area contributed by atoms with Gasteiger partial charge in [-0.1, -0.05) is 23.2 Å². The second-order valence-electron chi connectivity index (χ2n) is 3.74. The predicted molar refractivity (Wildman–Crippen MR) is 76.9 cm³/mol. The van der Waals surface area contributed by atoms with Crippen molar-refractivity contribution in [3.63, 3.8) is 0 Å². The maximum atomic E-state index is 11.3. The smallest absolute Gasteiger partial charge is 0.334 e. The van der Waals surface area contributed by atoms with E-state index in [0.717, 1.165) is 0 Å². The molecule has 1 aromatic carbocycles. The first-order chi connectivity index (χ1) is 8.95. The quantitative estimate of drug-likeness (QED) is 0.832. The molecule has 2 rings (SSSR count). The highest BCUT2D eigenvalue weighted by Gasteiger charge is 2.23. The molecule has 2 aromatic rings. The number of carbonyl (C=O) groups is 1. The van der Waals surface area contributed by atoms with Gasteiger partial charge in [-0.2, -0.15) is 0 Å². The van der Waals surface area contributed by atoms with Crippen molar-refractivity contribution in [1.82, 2.24) is 0 Å². The lowest BCUT2D eigenvalue weighted by molar-refractivity contribution is -0.138. The summed E-state index contributed by atoms with van der Waals surface area (Å²) in [6.07, 6.45) is 1.41. The minimum atomic E-state index is -1.07. The van der Waals surface area contributed by atoms with Crippen LogP contribution in [-0.2, 0) is 4.79 Å². The molecule has 0 saturated carbocycles. The van der Waals surface area contributed by atoms with E-state index in [1.54, 1.807) is 24.3 Å². The summed E-state index contributed by atoms with van der Waals surface area (Å²) in [4.78, 5) is 11.3. The Morgan fingerprint density at radius 3 is 2.37 bits per heavy atom. The Kier molecular flexibility index (Phi) is 4.39. The van der Waals surface area contributed by atoms with Gasteiger partial charge >= 0.3 is 5.97 Å². The van der Waals surface area contributed by atoms with Crippen molar-refractivity contribution < 1.29 is 14.3 Å². The molecule has 19 heavy (non-hydrogen) atoms. The lowest BCUT2D eigenvalue weighted by atomic mass is 10.2. The van der Waals surface area contributed by atoms with Gasteiger partial charge in [-0.25, -0.2) is 4.79 Å². The highest BCUT2D eigenvalue weighted by atomic mass is 79.9. The summed E-state index contributed by atoms with van der Waals surface area (Å²) in [6, 6.07) is 5.29. The Bertz CT molecular complexity index is 595. The van der Waals surface area contributed by atoms with E-state index < -0.39 is 12.0 Å². The first-order valence-corrected chi connectivity index (χ1v) is 6.70. The molecule has 0 aliphatic heterocycles. The van der Waals surface area contributed by atoms with E-state index >= 15 is 0 Å². The minimum absolute atomic E-state index is 0.274. The van der Waals surface area contributed by atoms with Gasteiger partial charge in [0.25, 0.3) is 0 Å². The first-order valence-electron chi connectivity index (χ1n) is 5.15. The molecular weight excluding hydrogens is 357 g/mol. The number of rotatable bonds is 4. The molecule has 2 N–H and O–H groups in total. The molecule has 0 radical (unpaired) electrons. The van der Waals surface area contributed by atoms with Gasteiger partial charge in [0, 0.05) is 15.7 Å². The van der Waals surface area contributed by atoms with Crippen molar-refractivity contribution in [2.24, 2.45) is 0 Å². The number of halogens is 3. The van der Waals surface area contributed by atoms with Crippen LogP contribution in [0.15, 0.2) is 39.4 Å². The lowest BCUT2D eigenvalue weighted by Gasteiger charge is -2.14. The number of furan rings is 1. The van der Waals surface area contributed by atoms with Crippen molar-refractivity contribution in [3.8, 4) is 0 Å². The Morgan fingerprint density at radius 1 is 1.26 bits per heavy atom. The normalized spacial score (nSPS) is 12.2. The molecule has 1 atom stereocenters. The molecule has 0 amide bonds. The molecule has 0 saturated heterocycles. The average Bonchev–Trinajstić information content (AvgIpc) is 2.70. The molecule has 1 unspecified atom stereocenters. The van der Waals surface area contributed by atoms with Gasteiger partial charge in [0.05, 0.1) is 4.47 Å². The standard InChI is InChI=1S/C12H8BrCl2NO3/c13-6-1-10(19-5-6)11(12(17)18)16-9-3-7(14)2-8(15)4-9/h1-5,11,16H,(H,17,18). The van der Waals surface area contributed by atoms with Crippen LogP contribution in [0.25, 0.3) is 0 Å². The summed E-state index contributed by atoms with van der Waals surface area (Å²) in [7, 11) is 0. The summed E-state index contributed by atoms with van der Waals surface area (Å²) in [5.74, 6) is -0.798. The predicted octanol–water partition coefficient (Wildman–Crippen LogP) is 4.59. The molecule has 100 valence electrons. The second kappa shape index (κ2) is 5.86. The van der Waals surface area contributed by atoms with E-state index in [1.807, 2.05) is 0 Å². The molecule has 7 heteroatoms. The summed E-state index contributed by atoms with van der Waals surface area (Å²) in [5.41, 5.74) is 0.498. The van der Waals surface area contributed by atoms with Crippen LogP contribution in [0.5, 0.6) is 0 Å². The van der Waals surface area contributed by atoms with E-state index in [0.29, 0.717) is 20.2 Å². The molecule has 0 fully saturated rings. The molecule has 0 aliphatic carbocycles. The zero-order valence-corrected chi connectivity index (χ0v) is 12.5. The third-order valence-electron chi connectivity index (χ3n) is 2.29. The van der Waals surface area contributed by atoms with Crippen molar-refractivity contribution in [1.29, 1.82) is 0 Å². The zero-order chi connectivity index (χ0) is 14.0. The highest BCUT2D eigenvalue weighted by molar-refractivity contribution is 9.10. The fourth-order valence-electron chi connectivity index (χ4n) is 1.54. The van der Waals surface area contributed by atoms with Gasteiger partial charge in [-0.15, -0.1) is 0 Å². The van der Waals surface area contributed by atoms with Crippen molar-refractivity contribution in [2.75, 3.05) is 5.32 Å². The largest absolute Gasteiger partial charge is 0.479 e. The molecule has 0 spiro atoms. The summed E-state index contributed by atoms with van der Waals surface area (Å²) < 4.78 is 5.83. The zero-order valence-electron chi connectivity index (χ0n) is 9.36. The highest BCUT2D eigenvalue weighted by Crippen LogP contribution is 2.28. The number of carboxylic acid groups (broad SMARTS) is 1. The Balaban J connectivity index is 2.29. The Hall–Kier alpha value is -1.17. The SMILES string of the molecule is O=C(O)C(Nc1cc(Cl)cc(Cl)c1)c1cc(Br)co1. The number of benzene rings is 1. The second-order valence-corrected chi connectivity index (χ2v) is 5.53. The van der Waals surface area contributed by atoms with Gasteiger partial charge in [-0.3, -0.25) is 0 Å². The van der Waals surface area contributed by atoms with Crippen molar-refractivity contribution in [2.45, 2.75) is 6.04 Å². The molecule has 1 heterocycles. The van der Waals surface area contributed by atoms with E-state index in [-0.39, 0.29) is 5.76 Å². The number of carboxylic acids is 1. The van der Waals surface area contributed by atoms with E-state index in [4.69, 9.17) is 27.6 Å². The average molecular weight is 365 g/mol. The van der Waals surface area contributed by atoms with Gasteiger partial charge < -0.3 is 14.8 Å². The van der Waals surface area contributed by atoms with Crippen LogP contribution in [0, 0.1) is 0 Å². The lowest BCUT2D eigenvalue weighted by Crippen LogP contribution is -2.19. The topological polar surface area (TPSA) is 62.5 Å². The van der Waals surface area contributed by atoms with Crippen LogP contribution >= 0.6 is 39.1 Å². The van der Waals surface area contributed by atoms with Crippen molar-refractivity contribution >= 4 is 50.8 Å². The number of aliphatic carboxylic acids is 1. The first kappa shape index (κ1) is 14.2. The molecule has 4 nitrogen and oxygen atoms in total. The van der Waals surface area contributed by atoms with Crippen LogP contribution < -0.4 is 5.32 Å². The van der Waals surface area contributed by atoms with Crippen molar-refractivity contribution in [3.05, 3.63) is 50.8 Å². The van der Waals surface area contributed by atoms with Gasteiger partial charge in [0.2, 0.25) is 0 Å². The van der Waals surface area contributed by atoms with Crippen LogP contribution in [0.1, 0.15) is 11.8 Å². The number of nitrogens with one attached hydrogen (secondary N) is 1. The fraction of sp³-hybridized carbons (Fsp3) is 0.0833. The van der Waals surface area contributed by atoms with Crippen LogP contribution in [-0.4, -0.2) is 11.1 Å². The summed E-state index contributed by atoms with van der Waals surface area (Å²) >= 11 is 14.9. The van der Waals surface area contributed by atoms with Gasteiger partial charge in [-0.05, 0) is 40.2 Å². The summed E-state index contributed by atoms with van der Waals surface area (Å²) in [5, 5.41) is 12.9. The Labute approximate surface area is 127 Å². The Morgan fingerprint density at radius 2 is 1.89 bits per heavy atom. The fourth-order valence-corrected chi connectivity index (χ4v) is 2.38. The third-order valence-corrected chi connectivity index (χ3v) is 3.15. The molecular formula is C12H8BrCl2NO3. The van der Waals surface area contributed by atoms with Gasteiger partial charge in [0.1, 0.15) is 12.0 Å². The van der Waals surface area contributed by atoms with E-state index in [2.05, 4.69) is 21.2 Å². The molecule has 1 aromatic heterocycles. The molecule has 0 aliphatic rings. The van der Waals surface area contributed by atoms with Crippen LogP contribution in [0.3, 0.4) is 0 Å². The number of hydrogen-bond acceptors (Lipinski definition) is 3. The third kappa shape index (κ3) is 3.65. The van der Waals surface area contributed by atoms with Crippen LogP contribution in [0.2, 0.25) is 10.0 Å². The van der Waals surface area contributed by atoms with Gasteiger partial charge in [0.15, 0.2) is 6.04 Å². The van der Waals surface area contributed by atoms with E-state index in [1.165, 1.54) is 6.26 Å². The van der Waals surface area contributed by atoms with E-state index in [9.17, 15) is 9.90 Å². The molecule has 0 bridgehead atoms. The maximum absolute atomic E-state index is 11.3. The summed E-state index contributed by atoms with van der Waals surface area (Å²) in [6.45, 7) is 0. The minimum Gasteiger partial charge on any atom is -0.479 e. The monoisotopic (exact) mass is 363 g/mol. The number of anilines is 1.